The molecule has 1 saturated heterocycles. The highest BCUT2D eigenvalue weighted by Gasteiger charge is 2.10. The van der Waals surface area contributed by atoms with Crippen molar-refractivity contribution in [2.24, 2.45) is 0 Å². The smallest absolute Gasteiger partial charge is 0.136 e. The first-order valence-electron chi connectivity index (χ1n) is 3.18. The maximum Gasteiger partial charge on any atom is 0.136 e. The van der Waals surface area contributed by atoms with E-state index in [0.29, 0.717) is 0 Å². The van der Waals surface area contributed by atoms with Gasteiger partial charge in [0.05, 0.1) is 13.2 Å². The summed E-state index contributed by atoms with van der Waals surface area (Å²) in [5, 5.41) is 3.04. The van der Waals surface area contributed by atoms with E-state index in [2.05, 4.69) is 10.3 Å². The van der Waals surface area contributed by atoms with Crippen molar-refractivity contribution in [1.82, 2.24) is 5.32 Å². The quantitative estimate of drug-likeness (QED) is 0.550. The van der Waals surface area contributed by atoms with Crippen molar-refractivity contribution < 1.29 is 14.3 Å². The van der Waals surface area contributed by atoms with E-state index in [0.717, 1.165) is 32.8 Å². The average molecular weight is 149 g/mol. The lowest BCUT2D eigenvalue weighted by molar-refractivity contribution is -0.109. The van der Waals surface area contributed by atoms with Crippen LogP contribution in [0.15, 0.2) is 0 Å². The first-order valence-corrected chi connectivity index (χ1v) is 3.18. The van der Waals surface area contributed by atoms with E-state index in [-0.39, 0.29) is 6.04 Å². The maximum absolute atomic E-state index is 9.94. The van der Waals surface area contributed by atoms with Gasteiger partial charge < -0.3 is 10.1 Å². The number of carbonyl (C=O) groups is 1. The summed E-state index contributed by atoms with van der Waals surface area (Å²) in [5.41, 5.74) is 0. The fourth-order valence-electron chi connectivity index (χ4n) is 0.828. The molecule has 1 atom stereocenters. The van der Waals surface area contributed by atoms with Gasteiger partial charge in [0, 0.05) is 0 Å². The molecular formula is C6H12FNO2. The van der Waals surface area contributed by atoms with Crippen molar-refractivity contribution in [1.29, 1.82) is 0 Å². The minimum atomic E-state index is 0.167. The van der Waals surface area contributed by atoms with E-state index in [1.165, 1.54) is 0 Å². The second-order valence-corrected chi connectivity index (χ2v) is 1.99. The fraction of sp³-hybridized carbons (Fsp3) is 0.833. The Hall–Kier alpha value is -0.480. The molecule has 0 aromatic carbocycles. The predicted octanol–water partition coefficient (Wildman–Crippen LogP) is 0.455. The zero-order valence-corrected chi connectivity index (χ0v) is 5.97. The van der Waals surface area contributed by atoms with Gasteiger partial charge in [-0.1, -0.05) is 0 Å². The molecule has 0 aliphatic carbocycles. The lowest BCUT2D eigenvalue weighted by atomic mass is 10.2. The molecule has 0 amide bonds. The highest BCUT2D eigenvalue weighted by molar-refractivity contribution is 5.57. The van der Waals surface area contributed by atoms with Crippen LogP contribution in [0.25, 0.3) is 0 Å². The van der Waals surface area contributed by atoms with E-state index >= 15 is 0 Å². The van der Waals surface area contributed by atoms with Crippen LogP contribution in [0.1, 0.15) is 12.8 Å². The average Bonchev–Trinajstić information content (AvgIpc) is 2.39. The zero-order valence-electron chi connectivity index (χ0n) is 5.97. The van der Waals surface area contributed by atoms with Gasteiger partial charge in [-0.05, 0) is 23.9 Å². The number of nitrogens with one attached hydrogen (secondary N) is 1. The number of hydrogen-bond acceptors (Lipinski definition) is 3. The summed E-state index contributed by atoms with van der Waals surface area (Å²) in [5.74, 6) is 0. The lowest BCUT2D eigenvalue weighted by Gasteiger charge is -1.93. The Kier molecular flexibility index (Phi) is 6.32. The molecule has 0 aromatic heterocycles. The van der Waals surface area contributed by atoms with Crippen LogP contribution < -0.4 is 5.32 Å². The Balaban J connectivity index is 0.000000236. The molecule has 1 unspecified atom stereocenters. The Bertz CT molecular complexity index is 83.8. The van der Waals surface area contributed by atoms with E-state index in [1.807, 2.05) is 0 Å². The molecule has 10 heavy (non-hydrogen) atoms. The van der Waals surface area contributed by atoms with Gasteiger partial charge in [0.25, 0.3) is 0 Å². The third kappa shape index (κ3) is 4.40. The van der Waals surface area contributed by atoms with E-state index in [9.17, 15) is 9.32 Å². The Morgan fingerprint density at radius 2 is 2.40 bits per heavy atom. The van der Waals surface area contributed by atoms with Crippen molar-refractivity contribution >= 4 is 6.29 Å². The standard InChI is InChI=1S/C5H9NO.CH3FO/c7-4-5-2-1-3-6-5;1-3-2/h4-6H,1-3H2;1H3. The number of hydrogen-bond donors (Lipinski definition) is 1. The Labute approximate surface area is 59.5 Å². The SMILES string of the molecule is COF.O=CC1CCCN1. The largest absolute Gasteiger partial charge is 0.308 e. The minimum Gasteiger partial charge on any atom is -0.308 e. The Morgan fingerprint density at radius 3 is 2.60 bits per heavy atom. The summed E-state index contributed by atoms with van der Waals surface area (Å²) in [7, 11) is 0.958. The van der Waals surface area contributed by atoms with Crippen LogP contribution in [0.2, 0.25) is 0 Å². The molecule has 3 nitrogen and oxygen atoms in total. The van der Waals surface area contributed by atoms with Gasteiger partial charge in [0.15, 0.2) is 0 Å². The van der Waals surface area contributed by atoms with Crippen molar-refractivity contribution in [3.05, 3.63) is 0 Å². The van der Waals surface area contributed by atoms with E-state index in [1.54, 1.807) is 0 Å². The molecule has 0 aromatic rings. The summed E-state index contributed by atoms with van der Waals surface area (Å²) >= 11 is 0. The highest BCUT2D eigenvalue weighted by atomic mass is 19.3. The molecule has 0 bridgehead atoms. The molecule has 1 aliphatic rings. The van der Waals surface area contributed by atoms with Crippen molar-refractivity contribution in [2.45, 2.75) is 18.9 Å². The number of aldehydes is 1. The topological polar surface area (TPSA) is 38.3 Å². The third-order valence-electron chi connectivity index (χ3n) is 1.26. The van der Waals surface area contributed by atoms with Gasteiger partial charge in [-0.2, -0.15) is 4.94 Å². The van der Waals surface area contributed by atoms with Gasteiger partial charge in [-0.25, -0.2) is 0 Å². The molecule has 1 heterocycles. The van der Waals surface area contributed by atoms with Gasteiger partial charge in [-0.3, -0.25) is 0 Å². The summed E-state index contributed by atoms with van der Waals surface area (Å²) in [4.78, 5) is 12.7. The van der Waals surface area contributed by atoms with Crippen LogP contribution in [-0.2, 0) is 9.74 Å². The number of rotatable bonds is 1. The zero-order chi connectivity index (χ0) is 7.82. The van der Waals surface area contributed by atoms with Crippen LogP contribution in [-0.4, -0.2) is 26.0 Å². The van der Waals surface area contributed by atoms with Crippen molar-refractivity contribution in [3.8, 4) is 0 Å². The minimum absolute atomic E-state index is 0.167. The molecule has 4 heteroatoms. The molecule has 0 spiro atoms. The lowest BCUT2D eigenvalue weighted by Crippen LogP contribution is -2.21. The monoisotopic (exact) mass is 149 g/mol. The van der Waals surface area contributed by atoms with Gasteiger partial charge in [-0.15, -0.1) is 0 Å². The predicted molar refractivity (Wildman–Crippen MR) is 35.2 cm³/mol. The third-order valence-corrected chi connectivity index (χ3v) is 1.26. The first kappa shape index (κ1) is 9.52. The van der Waals surface area contributed by atoms with Crippen LogP contribution in [0.3, 0.4) is 0 Å². The number of halogens is 1. The van der Waals surface area contributed by atoms with Gasteiger partial charge in [0.1, 0.15) is 6.29 Å². The van der Waals surface area contributed by atoms with Crippen LogP contribution in [0.5, 0.6) is 0 Å². The van der Waals surface area contributed by atoms with E-state index < -0.39 is 0 Å². The molecule has 1 rings (SSSR count). The molecule has 1 aliphatic heterocycles. The normalized spacial score (nSPS) is 23.2. The second kappa shape index (κ2) is 6.64. The summed E-state index contributed by atoms with van der Waals surface area (Å²) in [6.07, 6.45) is 3.17. The summed E-state index contributed by atoms with van der Waals surface area (Å²) in [6.45, 7) is 1.02. The van der Waals surface area contributed by atoms with Crippen molar-refractivity contribution in [3.63, 3.8) is 0 Å². The fourth-order valence-corrected chi connectivity index (χ4v) is 0.828. The molecular weight excluding hydrogens is 137 g/mol. The Morgan fingerprint density at radius 1 is 1.80 bits per heavy atom. The van der Waals surface area contributed by atoms with Crippen LogP contribution in [0.4, 0.5) is 4.53 Å². The highest BCUT2D eigenvalue weighted by Crippen LogP contribution is 2.00. The summed E-state index contributed by atoms with van der Waals surface area (Å²) in [6, 6.07) is 0.167. The molecule has 60 valence electrons. The molecule has 0 saturated carbocycles. The summed E-state index contributed by atoms with van der Waals surface area (Å²) < 4.78 is 9.79. The van der Waals surface area contributed by atoms with Crippen LogP contribution >= 0.6 is 0 Å². The van der Waals surface area contributed by atoms with Crippen LogP contribution in [0, 0.1) is 0 Å². The molecule has 1 N–H and O–H groups in total. The maximum atomic E-state index is 9.94. The second-order valence-electron chi connectivity index (χ2n) is 1.99. The molecule has 0 radical (unpaired) electrons. The van der Waals surface area contributed by atoms with Crippen molar-refractivity contribution in [2.75, 3.05) is 13.7 Å². The van der Waals surface area contributed by atoms with Gasteiger partial charge in [0.2, 0.25) is 0 Å². The molecule has 1 fully saturated rings. The first-order chi connectivity index (χ1) is 4.85. The van der Waals surface area contributed by atoms with Gasteiger partial charge >= 0.3 is 0 Å². The van der Waals surface area contributed by atoms with E-state index in [4.69, 9.17) is 0 Å². The number of carbonyl (C=O) groups excluding carboxylic acids is 1.